The lowest BCUT2D eigenvalue weighted by atomic mass is 9.54. The van der Waals surface area contributed by atoms with Crippen molar-refractivity contribution < 1.29 is 13.2 Å². The fourth-order valence-electron chi connectivity index (χ4n) is 8.63. The molecule has 7 rings (SSSR count). The molecule has 1 aromatic rings. The molecule has 2 atom stereocenters. The second kappa shape index (κ2) is 8.62. The Morgan fingerprint density at radius 3 is 2.24 bits per heavy atom. The van der Waals surface area contributed by atoms with E-state index < -0.39 is 10.0 Å². The molecule has 6 heteroatoms. The molecule has 5 aliphatic carbocycles. The molecule has 0 spiro atoms. The SMILES string of the molecule is Cc1cc(C(=O)NC2C3CC4CC(C3)CC2C4)cc(S(=O)(=O)N2CCCC3CCCCC32)c1C. The number of fused-ring (bicyclic) bond motifs is 1. The van der Waals surface area contributed by atoms with Gasteiger partial charge in [-0.15, -0.1) is 0 Å². The first kappa shape index (κ1) is 23.0. The maximum atomic E-state index is 14.0. The average Bonchev–Trinajstić information content (AvgIpc) is 2.82. The van der Waals surface area contributed by atoms with Crippen LogP contribution in [0.5, 0.6) is 0 Å². The summed E-state index contributed by atoms with van der Waals surface area (Å²) in [6.07, 6.45) is 12.9. The van der Waals surface area contributed by atoms with Crippen LogP contribution in [-0.2, 0) is 10.0 Å². The molecule has 1 heterocycles. The maximum absolute atomic E-state index is 14.0. The Bertz CT molecular complexity index is 1050. The van der Waals surface area contributed by atoms with Crippen molar-refractivity contribution in [2.45, 2.75) is 101 Å². The Balaban J connectivity index is 1.27. The third-order valence-corrected chi connectivity index (χ3v) is 12.2. The van der Waals surface area contributed by atoms with Crippen molar-refractivity contribution in [1.29, 1.82) is 0 Å². The van der Waals surface area contributed by atoms with Crippen molar-refractivity contribution in [3.05, 3.63) is 28.8 Å². The van der Waals surface area contributed by atoms with Gasteiger partial charge in [-0.2, -0.15) is 4.31 Å². The predicted molar refractivity (Wildman–Crippen MR) is 133 cm³/mol. The van der Waals surface area contributed by atoms with Crippen LogP contribution in [0.2, 0.25) is 0 Å². The second-order valence-corrected chi connectivity index (χ2v) is 14.1. The molecule has 6 aliphatic rings. The van der Waals surface area contributed by atoms with Crippen molar-refractivity contribution in [3.8, 4) is 0 Å². The molecule has 4 bridgehead atoms. The van der Waals surface area contributed by atoms with Gasteiger partial charge in [0.1, 0.15) is 0 Å². The number of carbonyl (C=O) groups is 1. The van der Waals surface area contributed by atoms with Crippen LogP contribution >= 0.6 is 0 Å². The first-order valence-electron chi connectivity index (χ1n) is 13.7. The fourth-order valence-corrected chi connectivity index (χ4v) is 10.7. The minimum Gasteiger partial charge on any atom is -0.349 e. The van der Waals surface area contributed by atoms with Crippen molar-refractivity contribution in [1.82, 2.24) is 9.62 Å². The Morgan fingerprint density at radius 1 is 0.882 bits per heavy atom. The van der Waals surface area contributed by atoms with Crippen LogP contribution in [0, 0.1) is 43.4 Å². The largest absolute Gasteiger partial charge is 0.349 e. The summed E-state index contributed by atoms with van der Waals surface area (Å²) in [5.41, 5.74) is 2.17. The van der Waals surface area contributed by atoms with Crippen LogP contribution in [0.3, 0.4) is 0 Å². The second-order valence-electron chi connectivity index (χ2n) is 12.2. The molecule has 6 fully saturated rings. The number of sulfonamides is 1. The normalized spacial score (nSPS) is 37.4. The van der Waals surface area contributed by atoms with E-state index in [1.165, 1.54) is 38.5 Å². The summed E-state index contributed by atoms with van der Waals surface area (Å²) >= 11 is 0. The summed E-state index contributed by atoms with van der Waals surface area (Å²) in [4.78, 5) is 13.8. The summed E-state index contributed by atoms with van der Waals surface area (Å²) in [6.45, 7) is 4.43. The van der Waals surface area contributed by atoms with E-state index in [0.717, 1.165) is 55.1 Å². The zero-order valence-corrected chi connectivity index (χ0v) is 21.6. The predicted octanol–water partition coefficient (Wildman–Crippen LogP) is 5.20. The van der Waals surface area contributed by atoms with Gasteiger partial charge in [0, 0.05) is 24.2 Å². The molecular weight excluding hydrogens is 444 g/mol. The minimum absolute atomic E-state index is 0.0915. The van der Waals surface area contributed by atoms with E-state index in [1.54, 1.807) is 10.4 Å². The smallest absolute Gasteiger partial charge is 0.251 e. The van der Waals surface area contributed by atoms with Crippen molar-refractivity contribution in [3.63, 3.8) is 0 Å². The molecule has 1 N–H and O–H groups in total. The van der Waals surface area contributed by atoms with Gasteiger partial charge in [0.2, 0.25) is 10.0 Å². The Morgan fingerprint density at radius 2 is 1.53 bits per heavy atom. The summed E-state index contributed by atoms with van der Waals surface area (Å²) in [6, 6.07) is 3.94. The van der Waals surface area contributed by atoms with E-state index in [9.17, 15) is 13.2 Å². The topological polar surface area (TPSA) is 66.5 Å². The van der Waals surface area contributed by atoms with E-state index in [4.69, 9.17) is 0 Å². The average molecular weight is 485 g/mol. The van der Waals surface area contributed by atoms with Crippen LogP contribution in [0.4, 0.5) is 0 Å². The number of aryl methyl sites for hydroxylation is 1. The van der Waals surface area contributed by atoms with Gasteiger partial charge < -0.3 is 5.32 Å². The monoisotopic (exact) mass is 484 g/mol. The Kier molecular flexibility index (Phi) is 5.84. The molecule has 2 unspecified atom stereocenters. The first-order chi connectivity index (χ1) is 16.3. The molecule has 34 heavy (non-hydrogen) atoms. The number of hydrogen-bond acceptors (Lipinski definition) is 3. The molecule has 1 saturated heterocycles. The van der Waals surface area contributed by atoms with Gasteiger partial charge in [0.15, 0.2) is 0 Å². The molecule has 0 aromatic heterocycles. The highest BCUT2D eigenvalue weighted by molar-refractivity contribution is 7.89. The van der Waals surface area contributed by atoms with Crippen molar-refractivity contribution in [2.24, 2.45) is 29.6 Å². The number of piperidine rings is 1. The highest BCUT2D eigenvalue weighted by Gasteiger charge is 2.48. The standard InChI is InChI=1S/C28H40N2O3S/c1-17-10-24(28(31)29-27-22-12-19-11-20(14-22)15-23(27)13-19)16-26(18(17)2)34(32,33)30-9-5-7-21-6-3-4-8-25(21)30/h10,16,19-23,25,27H,3-9,11-15H2,1-2H3,(H,29,31). The van der Waals surface area contributed by atoms with Gasteiger partial charge in [-0.25, -0.2) is 8.42 Å². The van der Waals surface area contributed by atoms with E-state index in [2.05, 4.69) is 5.32 Å². The number of amides is 1. The molecule has 0 radical (unpaired) electrons. The van der Waals surface area contributed by atoms with Crippen LogP contribution < -0.4 is 5.32 Å². The molecular formula is C28H40N2O3S. The number of hydrogen-bond donors (Lipinski definition) is 1. The van der Waals surface area contributed by atoms with E-state index in [1.807, 2.05) is 19.9 Å². The van der Waals surface area contributed by atoms with Crippen LogP contribution in [-0.4, -0.2) is 37.3 Å². The van der Waals surface area contributed by atoms with Gasteiger partial charge in [-0.3, -0.25) is 4.79 Å². The number of nitrogens with one attached hydrogen (secondary N) is 1. The van der Waals surface area contributed by atoms with Crippen molar-refractivity contribution >= 4 is 15.9 Å². The summed E-state index contributed by atoms with van der Waals surface area (Å²) in [5.74, 6) is 3.33. The number of carbonyl (C=O) groups excluding carboxylic acids is 1. The van der Waals surface area contributed by atoms with Gasteiger partial charge in [0.05, 0.1) is 4.90 Å². The van der Waals surface area contributed by atoms with Gasteiger partial charge >= 0.3 is 0 Å². The lowest BCUT2D eigenvalue weighted by Crippen LogP contribution is -2.55. The Labute approximate surface area is 205 Å². The van der Waals surface area contributed by atoms with Crippen LogP contribution in [0.1, 0.15) is 92.1 Å². The first-order valence-corrected chi connectivity index (χ1v) is 15.2. The quantitative estimate of drug-likeness (QED) is 0.639. The number of nitrogens with zero attached hydrogens (tertiary/aromatic N) is 1. The Hall–Kier alpha value is -1.40. The minimum atomic E-state index is -3.64. The highest BCUT2D eigenvalue weighted by Crippen LogP contribution is 2.53. The number of rotatable bonds is 4. The highest BCUT2D eigenvalue weighted by atomic mass is 32.2. The molecule has 186 valence electrons. The van der Waals surface area contributed by atoms with E-state index >= 15 is 0 Å². The number of benzene rings is 1. The third kappa shape index (κ3) is 3.84. The van der Waals surface area contributed by atoms with Gasteiger partial charge in [-0.05, 0) is 124 Å². The van der Waals surface area contributed by atoms with Crippen LogP contribution in [0.15, 0.2) is 17.0 Å². The third-order valence-electron chi connectivity index (χ3n) is 10.2. The molecule has 1 aliphatic heterocycles. The zero-order valence-electron chi connectivity index (χ0n) is 20.8. The molecule has 5 saturated carbocycles. The van der Waals surface area contributed by atoms with Crippen molar-refractivity contribution in [2.75, 3.05) is 6.54 Å². The maximum Gasteiger partial charge on any atom is 0.251 e. The molecule has 1 amide bonds. The van der Waals surface area contributed by atoms with Gasteiger partial charge in [-0.1, -0.05) is 12.8 Å². The lowest BCUT2D eigenvalue weighted by Gasteiger charge is -2.54. The van der Waals surface area contributed by atoms with Gasteiger partial charge in [0.25, 0.3) is 5.91 Å². The summed E-state index contributed by atoms with van der Waals surface area (Å²) < 4.78 is 29.7. The van der Waals surface area contributed by atoms with E-state index in [-0.39, 0.29) is 18.0 Å². The van der Waals surface area contributed by atoms with E-state index in [0.29, 0.717) is 34.8 Å². The zero-order chi connectivity index (χ0) is 23.6. The summed E-state index contributed by atoms with van der Waals surface area (Å²) in [7, 11) is -3.64. The summed E-state index contributed by atoms with van der Waals surface area (Å²) in [5, 5.41) is 3.38. The molecule has 5 nitrogen and oxygen atoms in total. The van der Waals surface area contributed by atoms with Crippen LogP contribution in [0.25, 0.3) is 0 Å². The fraction of sp³-hybridized carbons (Fsp3) is 0.750. The lowest BCUT2D eigenvalue weighted by molar-refractivity contribution is -0.0119. The molecule has 1 aromatic carbocycles.